The van der Waals surface area contributed by atoms with Crippen LogP contribution in [0.2, 0.25) is 0 Å². The minimum absolute atomic E-state index is 0.0843. The highest BCUT2D eigenvalue weighted by atomic mass is 33.1. The third-order valence-corrected chi connectivity index (χ3v) is 15.2. The lowest BCUT2D eigenvalue weighted by Gasteiger charge is -2.37. The van der Waals surface area contributed by atoms with Gasteiger partial charge in [0.25, 0.3) is 5.91 Å². The van der Waals surface area contributed by atoms with Gasteiger partial charge in [0.1, 0.15) is 40.2 Å². The van der Waals surface area contributed by atoms with Crippen molar-refractivity contribution in [1.82, 2.24) is 41.3 Å². The maximum Gasteiger partial charge on any atom is 0.426 e. The summed E-state index contributed by atoms with van der Waals surface area (Å²) in [5.41, 5.74) is 5.61. The molecule has 2 aliphatic heterocycles. The number of aromatic hydroxyl groups is 1. The number of nitrogens with one attached hydrogen (secondary N) is 4. The number of amides is 5. The van der Waals surface area contributed by atoms with E-state index < -0.39 is 60.1 Å². The number of hydrogen-bond acceptors (Lipinski definition) is 16. The zero-order valence-corrected chi connectivity index (χ0v) is 42.1. The van der Waals surface area contributed by atoms with Crippen LogP contribution >= 0.6 is 32.9 Å². The number of thiazole rings is 1. The van der Waals surface area contributed by atoms with Gasteiger partial charge >= 0.3 is 12.1 Å². The Labute approximate surface area is 410 Å². The molecule has 0 saturated carbocycles. The molecule has 5 N–H and O–H groups in total. The van der Waals surface area contributed by atoms with Crippen molar-refractivity contribution in [3.8, 4) is 5.75 Å². The minimum atomic E-state index is -0.868. The van der Waals surface area contributed by atoms with Gasteiger partial charge in [-0.1, -0.05) is 69.5 Å². The molecule has 0 radical (unpaired) electrons. The topological polar surface area (TPSA) is 231 Å². The Balaban J connectivity index is 1.22. The second-order valence-corrected chi connectivity index (χ2v) is 20.6. The van der Waals surface area contributed by atoms with Crippen molar-refractivity contribution in [2.75, 3.05) is 32.7 Å². The monoisotopic (exact) mass is 998 g/mol. The molecule has 3 aromatic rings. The molecule has 2 aromatic heterocycles. The van der Waals surface area contributed by atoms with Crippen LogP contribution in [0.15, 0.2) is 59.1 Å². The van der Waals surface area contributed by atoms with Crippen LogP contribution in [0.25, 0.3) is 0 Å². The minimum Gasteiger partial charge on any atom is -0.508 e. The van der Waals surface area contributed by atoms with Crippen LogP contribution in [-0.4, -0.2) is 124 Å². The summed E-state index contributed by atoms with van der Waals surface area (Å²) in [7, 11) is 4.85. The number of phenolic OH excluding ortho intramolecular Hbond substituents is 1. The number of esters is 1. The molecule has 4 heterocycles. The molecule has 2 aliphatic rings. The second kappa shape index (κ2) is 27.3. The summed E-state index contributed by atoms with van der Waals surface area (Å²) in [6.07, 6.45) is 4.57. The molecule has 5 amide bonds. The summed E-state index contributed by atoms with van der Waals surface area (Å²) in [6.45, 7) is 9.85. The van der Waals surface area contributed by atoms with Gasteiger partial charge in [0.15, 0.2) is 6.73 Å². The number of ether oxygens (including phenoxy) is 3. The number of nitrogens with zero attached hydrogens (tertiary/aromatic N) is 4. The van der Waals surface area contributed by atoms with Crippen molar-refractivity contribution < 1.29 is 48.1 Å². The SMILES string of the molecule is CCCC(=O)OCN(C(=O)[C@@H](NC(=O)[C@H]1CCCCN1C)C(C)CC)[C@@H]1C[C@H](c2nc(C(=O)N[C@@H](Cc3ccc(O)cc3)C[C@H](C)C(=O)NNC(=O)OCCSSc3ccccn3)cs2)OC1C. The fourth-order valence-corrected chi connectivity index (χ4v) is 10.5. The van der Waals surface area contributed by atoms with Gasteiger partial charge in [-0.15, -0.1) is 11.3 Å². The highest BCUT2D eigenvalue weighted by Gasteiger charge is 2.44. The Morgan fingerprint density at radius 3 is 2.51 bits per heavy atom. The molecule has 68 heavy (non-hydrogen) atoms. The van der Waals surface area contributed by atoms with Gasteiger partial charge in [0.05, 0.1) is 18.2 Å². The molecule has 1 aromatic carbocycles. The van der Waals surface area contributed by atoms with Gasteiger partial charge in [-0.05, 0) is 99.2 Å². The van der Waals surface area contributed by atoms with E-state index in [9.17, 15) is 33.9 Å². The molecular weight excluding hydrogens is 933 g/mol. The predicted molar refractivity (Wildman–Crippen MR) is 260 cm³/mol. The normalized spacial score (nSPS) is 20.0. The van der Waals surface area contributed by atoms with E-state index in [4.69, 9.17) is 14.2 Å². The van der Waals surface area contributed by atoms with Crippen molar-refractivity contribution in [3.63, 3.8) is 0 Å². The Bertz CT molecular complexity index is 2120. The smallest absolute Gasteiger partial charge is 0.426 e. The van der Waals surface area contributed by atoms with E-state index in [1.54, 1.807) is 42.8 Å². The molecular formula is C47H66N8O10S3. The second-order valence-electron chi connectivity index (χ2n) is 17.3. The first-order valence-corrected chi connectivity index (χ1v) is 26.5. The number of aromatic nitrogens is 2. The van der Waals surface area contributed by atoms with Crippen molar-refractivity contribution in [2.24, 2.45) is 11.8 Å². The predicted octanol–water partition coefficient (Wildman–Crippen LogP) is 6.17. The van der Waals surface area contributed by atoms with E-state index >= 15 is 0 Å². The molecule has 8 atom stereocenters. The van der Waals surface area contributed by atoms with Crippen LogP contribution in [0.1, 0.15) is 113 Å². The number of hydrazine groups is 1. The number of likely N-dealkylation sites (N-methyl/N-ethyl adjacent to an activating group) is 1. The molecule has 0 aliphatic carbocycles. The fourth-order valence-electron chi connectivity index (χ4n) is 8.00. The molecule has 0 spiro atoms. The molecule has 0 bridgehead atoms. The van der Waals surface area contributed by atoms with Crippen molar-refractivity contribution >= 4 is 68.6 Å². The first-order chi connectivity index (χ1) is 32.7. The van der Waals surface area contributed by atoms with Gasteiger partial charge in [-0.2, -0.15) is 0 Å². The molecule has 2 fully saturated rings. The largest absolute Gasteiger partial charge is 0.508 e. The lowest BCUT2D eigenvalue weighted by Crippen LogP contribution is -2.59. The summed E-state index contributed by atoms with van der Waals surface area (Å²) in [5.74, 6) is -2.29. The van der Waals surface area contributed by atoms with Crippen LogP contribution in [0.3, 0.4) is 0 Å². The highest BCUT2D eigenvalue weighted by Crippen LogP contribution is 2.38. The van der Waals surface area contributed by atoms with Crippen LogP contribution < -0.4 is 21.5 Å². The number of rotatable bonds is 23. The number of pyridine rings is 1. The third-order valence-electron chi connectivity index (χ3n) is 12.1. The summed E-state index contributed by atoms with van der Waals surface area (Å²) in [4.78, 5) is 92.7. The number of phenols is 1. The van der Waals surface area contributed by atoms with Crippen LogP contribution in [0, 0.1) is 11.8 Å². The standard InChI is InChI=1S/C47H66N8O10S3/c1-7-13-40(57)64-28-55(46(61)41(29(3)8-2)51-44(60)36-14-10-12-21-54(36)6)37-26-38(65-31(37)5)45-50-35(27-66-45)43(59)49-33(25-32-16-18-34(56)19-17-32)24-30(4)42(58)52-53-47(62)63-22-23-67-68-39-15-9-11-20-48-39/h9,11,15-20,27,29-31,33,36-38,41,56H,7-8,10,12-14,21-26,28H2,1-6H3,(H,49,59)(H,51,60)(H,52,58)(H,53,62)/t29?,30-,31?,33+,36+,37+,38+,41-/m0/s1. The maximum atomic E-state index is 14.6. The van der Waals surface area contributed by atoms with Gasteiger partial charge in [0.2, 0.25) is 17.7 Å². The van der Waals surface area contributed by atoms with E-state index in [2.05, 4.69) is 31.5 Å². The summed E-state index contributed by atoms with van der Waals surface area (Å²) < 4.78 is 17.2. The number of benzene rings is 1. The number of carbonyl (C=O) groups excluding carboxylic acids is 6. The van der Waals surface area contributed by atoms with Crippen LogP contribution in [0.5, 0.6) is 5.75 Å². The van der Waals surface area contributed by atoms with E-state index in [1.165, 1.54) is 37.8 Å². The number of hydrogen-bond donors (Lipinski definition) is 5. The number of likely N-dealkylation sites (tertiary alicyclic amines) is 1. The average Bonchev–Trinajstić information content (AvgIpc) is 3.98. The molecule has 2 saturated heterocycles. The lowest BCUT2D eigenvalue weighted by atomic mass is 9.95. The van der Waals surface area contributed by atoms with E-state index in [-0.39, 0.29) is 61.4 Å². The molecule has 2 unspecified atom stereocenters. The van der Waals surface area contributed by atoms with Crippen LogP contribution in [0.4, 0.5) is 4.79 Å². The summed E-state index contributed by atoms with van der Waals surface area (Å²) >= 11 is 1.23. The molecule has 5 rings (SSSR count). The van der Waals surface area contributed by atoms with Gasteiger partial charge in [-0.25, -0.2) is 20.2 Å². The first kappa shape index (κ1) is 54.0. The zero-order chi connectivity index (χ0) is 49.2. The Hall–Kier alpha value is -4.96. The summed E-state index contributed by atoms with van der Waals surface area (Å²) in [5, 5.41) is 18.9. The van der Waals surface area contributed by atoms with Gasteiger partial charge in [0, 0.05) is 42.1 Å². The quantitative estimate of drug-likeness (QED) is 0.0235. The Morgan fingerprint density at radius 1 is 1.03 bits per heavy atom. The van der Waals surface area contributed by atoms with Crippen molar-refractivity contribution in [1.29, 1.82) is 0 Å². The first-order valence-electron chi connectivity index (χ1n) is 23.3. The zero-order valence-electron chi connectivity index (χ0n) is 39.6. The van der Waals surface area contributed by atoms with Gasteiger partial charge in [-0.3, -0.25) is 34.3 Å². The molecule has 372 valence electrons. The highest BCUT2D eigenvalue weighted by molar-refractivity contribution is 8.76. The van der Waals surface area contributed by atoms with E-state index in [1.807, 2.05) is 57.8 Å². The fraction of sp³-hybridized carbons (Fsp3) is 0.574. The van der Waals surface area contributed by atoms with Gasteiger partial charge < -0.3 is 34.9 Å². The molecule has 21 heteroatoms. The maximum absolute atomic E-state index is 14.6. The third kappa shape index (κ3) is 16.3. The average molecular weight is 999 g/mol. The van der Waals surface area contributed by atoms with Crippen molar-refractivity contribution in [3.05, 3.63) is 70.3 Å². The molecule has 18 nitrogen and oxygen atoms in total. The number of carbonyl (C=O) groups is 6. The van der Waals surface area contributed by atoms with Crippen molar-refractivity contribution in [2.45, 2.75) is 134 Å². The Morgan fingerprint density at radius 2 is 1.81 bits per heavy atom. The lowest BCUT2D eigenvalue weighted by molar-refractivity contribution is -0.158. The number of piperidine rings is 1. The summed E-state index contributed by atoms with van der Waals surface area (Å²) in [6, 6.07) is 9.80. The Kier molecular flexibility index (Phi) is 21.7. The van der Waals surface area contributed by atoms with E-state index in [0.29, 0.717) is 42.9 Å². The van der Waals surface area contributed by atoms with E-state index in [0.717, 1.165) is 30.0 Å². The van der Waals surface area contributed by atoms with Crippen LogP contribution in [-0.2, 0) is 39.8 Å².